The molecule has 0 bridgehead atoms. The van der Waals surface area contributed by atoms with Crippen LogP contribution in [0, 0.1) is 0 Å². The second-order valence-electron chi connectivity index (χ2n) is 9.74. The van der Waals surface area contributed by atoms with Crippen molar-refractivity contribution in [3.8, 4) is 0 Å². The Bertz CT molecular complexity index is 674. The summed E-state index contributed by atoms with van der Waals surface area (Å²) >= 11 is 0. The fourth-order valence-electron chi connectivity index (χ4n) is 3.90. The molecule has 0 aromatic carbocycles. The van der Waals surface area contributed by atoms with E-state index in [1.807, 2.05) is 4.90 Å². The second kappa shape index (κ2) is 15.3. The molecule has 5 N–H and O–H groups in total. The van der Waals surface area contributed by atoms with E-state index in [0.29, 0.717) is 39.3 Å². The molecule has 0 aromatic heterocycles. The number of aliphatic hydroxyl groups excluding tert-OH is 3. The summed E-state index contributed by atoms with van der Waals surface area (Å²) in [6, 6.07) is -0.776. The van der Waals surface area contributed by atoms with Crippen molar-refractivity contribution >= 4 is 17.9 Å². The summed E-state index contributed by atoms with van der Waals surface area (Å²) in [7, 11) is 0. The molecule has 1 heterocycles. The quantitative estimate of drug-likeness (QED) is 0.196. The maximum Gasteiger partial charge on any atom is 0.320 e. The Hall–Kier alpha value is -1.87. The van der Waals surface area contributed by atoms with Crippen molar-refractivity contribution in [2.24, 2.45) is 0 Å². The molecule has 1 rings (SSSR count). The van der Waals surface area contributed by atoms with Gasteiger partial charge in [-0.3, -0.25) is 34.0 Å². The fourth-order valence-corrected chi connectivity index (χ4v) is 3.90. The molecular weight excluding hydrogens is 464 g/mol. The summed E-state index contributed by atoms with van der Waals surface area (Å²) < 4.78 is 5.43. The van der Waals surface area contributed by atoms with Gasteiger partial charge in [0.2, 0.25) is 0 Å². The minimum Gasteiger partial charge on any atom is -0.480 e. The summed E-state index contributed by atoms with van der Waals surface area (Å²) in [4.78, 5) is 42.1. The van der Waals surface area contributed by atoms with Gasteiger partial charge in [-0.25, -0.2) is 0 Å². The minimum atomic E-state index is -1.20. The smallest absolute Gasteiger partial charge is 0.320 e. The number of rotatable bonds is 10. The van der Waals surface area contributed by atoms with Crippen molar-refractivity contribution in [3.63, 3.8) is 0 Å². The molecule has 0 saturated carbocycles. The maximum absolute atomic E-state index is 12.5. The molecule has 0 radical (unpaired) electrons. The van der Waals surface area contributed by atoms with E-state index >= 15 is 0 Å². The fraction of sp³-hybridized carbons (Fsp3) is 0.864. The van der Waals surface area contributed by atoms with Gasteiger partial charge in [0, 0.05) is 52.4 Å². The highest BCUT2D eigenvalue weighted by atomic mass is 16.6. The van der Waals surface area contributed by atoms with Crippen LogP contribution in [0.15, 0.2) is 0 Å². The summed E-state index contributed by atoms with van der Waals surface area (Å²) in [6.45, 7) is 6.36. The number of hydrogen-bond acceptors (Lipinski definition) is 11. The number of aliphatic hydroxyl groups is 3. The summed E-state index contributed by atoms with van der Waals surface area (Å²) in [6.07, 6.45) is -1.20. The van der Waals surface area contributed by atoms with Crippen molar-refractivity contribution in [1.29, 1.82) is 0 Å². The molecule has 204 valence electrons. The Morgan fingerprint density at radius 2 is 1.14 bits per heavy atom. The first-order chi connectivity index (χ1) is 16.3. The summed E-state index contributed by atoms with van der Waals surface area (Å²) in [5.74, 6) is -2.45. The maximum atomic E-state index is 12.5. The third-order valence-corrected chi connectivity index (χ3v) is 5.65. The van der Waals surface area contributed by atoms with Crippen molar-refractivity contribution < 1.29 is 44.7 Å². The summed E-state index contributed by atoms with van der Waals surface area (Å²) in [5.41, 5.74) is -0.661. The van der Waals surface area contributed by atoms with Crippen LogP contribution in [0.3, 0.4) is 0 Å². The molecule has 0 aliphatic carbocycles. The van der Waals surface area contributed by atoms with Crippen LogP contribution < -0.4 is 0 Å². The van der Waals surface area contributed by atoms with Gasteiger partial charge >= 0.3 is 17.9 Å². The lowest BCUT2D eigenvalue weighted by Crippen LogP contribution is -2.54. The number of carbonyl (C=O) groups is 3. The molecule has 0 aromatic rings. The number of esters is 1. The largest absolute Gasteiger partial charge is 0.480 e. The van der Waals surface area contributed by atoms with E-state index in [4.69, 9.17) is 4.74 Å². The van der Waals surface area contributed by atoms with E-state index in [1.165, 1.54) is 0 Å². The van der Waals surface area contributed by atoms with Gasteiger partial charge in [-0.15, -0.1) is 0 Å². The van der Waals surface area contributed by atoms with Crippen LogP contribution in [0.2, 0.25) is 0 Å². The molecule has 2 unspecified atom stereocenters. The van der Waals surface area contributed by atoms with Gasteiger partial charge in [-0.05, 0) is 20.8 Å². The number of aliphatic carboxylic acids is 2. The van der Waals surface area contributed by atoms with Gasteiger partial charge in [0.05, 0.1) is 45.0 Å². The number of nitrogens with zero attached hydrogens (tertiary/aromatic N) is 4. The Balaban J connectivity index is 3.12. The zero-order chi connectivity index (χ0) is 26.6. The van der Waals surface area contributed by atoms with Crippen LogP contribution >= 0.6 is 0 Å². The van der Waals surface area contributed by atoms with Gasteiger partial charge in [0.15, 0.2) is 0 Å². The molecule has 13 nitrogen and oxygen atoms in total. The first-order valence-corrected chi connectivity index (χ1v) is 11.8. The molecular formula is C22H42N4O9. The van der Waals surface area contributed by atoms with E-state index in [1.54, 1.807) is 35.5 Å². The third-order valence-electron chi connectivity index (χ3n) is 5.65. The Morgan fingerprint density at radius 1 is 0.743 bits per heavy atom. The number of hydrogen-bond donors (Lipinski definition) is 5. The van der Waals surface area contributed by atoms with Crippen LogP contribution in [0.1, 0.15) is 20.8 Å². The lowest BCUT2D eigenvalue weighted by Gasteiger charge is -2.37. The topological polar surface area (TPSA) is 175 Å². The monoisotopic (exact) mass is 506 g/mol. The highest BCUT2D eigenvalue weighted by Gasteiger charge is 2.28. The first kappa shape index (κ1) is 31.2. The molecule has 2 atom stereocenters. The molecule has 1 aliphatic heterocycles. The second-order valence-corrected chi connectivity index (χ2v) is 9.74. The normalized spacial score (nSPS) is 20.4. The number of carboxylic acids is 2. The average Bonchev–Trinajstić information content (AvgIpc) is 2.73. The standard InChI is InChI=1S/C22H42N4O9/c1-22(2,3)35-21(34)14-25-7-6-23(12-19(30)31)4-5-24(13-20(32)33)8-10-26(11-9-25)17(15-27)18(29)16-28/h17-18,27-29H,4-16H2,1-3H3,(H,30,31)(H,32,33). The van der Waals surface area contributed by atoms with Crippen molar-refractivity contribution in [2.45, 2.75) is 38.5 Å². The molecule has 1 aliphatic rings. The van der Waals surface area contributed by atoms with E-state index in [0.717, 1.165) is 0 Å². The van der Waals surface area contributed by atoms with E-state index in [2.05, 4.69) is 0 Å². The van der Waals surface area contributed by atoms with E-state index in [-0.39, 0.29) is 32.7 Å². The number of ether oxygens (including phenoxy) is 1. The number of carbonyl (C=O) groups excluding carboxylic acids is 1. The Labute approximate surface area is 206 Å². The van der Waals surface area contributed by atoms with Crippen molar-refractivity contribution in [1.82, 2.24) is 19.6 Å². The molecule has 0 amide bonds. The van der Waals surface area contributed by atoms with Gasteiger partial charge in [0.1, 0.15) is 5.60 Å². The molecule has 1 fully saturated rings. The minimum absolute atomic E-state index is 0.0243. The van der Waals surface area contributed by atoms with Crippen molar-refractivity contribution in [3.05, 3.63) is 0 Å². The van der Waals surface area contributed by atoms with Crippen LogP contribution in [0.5, 0.6) is 0 Å². The highest BCUT2D eigenvalue weighted by Crippen LogP contribution is 2.10. The van der Waals surface area contributed by atoms with Crippen LogP contribution in [0.25, 0.3) is 0 Å². The average molecular weight is 507 g/mol. The Morgan fingerprint density at radius 3 is 1.49 bits per heavy atom. The molecule has 35 heavy (non-hydrogen) atoms. The van der Waals surface area contributed by atoms with Crippen LogP contribution in [-0.2, 0) is 19.1 Å². The van der Waals surface area contributed by atoms with E-state index < -0.39 is 48.9 Å². The zero-order valence-electron chi connectivity index (χ0n) is 21.0. The molecule has 0 spiro atoms. The van der Waals surface area contributed by atoms with Gasteiger partial charge in [-0.2, -0.15) is 0 Å². The SMILES string of the molecule is CC(C)(C)OC(=O)CN1CCN(CC(=O)O)CCN(CC(=O)O)CCN(C(CO)C(O)CO)CC1. The van der Waals surface area contributed by atoms with Gasteiger partial charge in [0.25, 0.3) is 0 Å². The van der Waals surface area contributed by atoms with Gasteiger partial charge < -0.3 is 30.3 Å². The predicted octanol–water partition coefficient (Wildman–Crippen LogP) is -2.57. The highest BCUT2D eigenvalue weighted by molar-refractivity contribution is 5.72. The van der Waals surface area contributed by atoms with Crippen LogP contribution in [-0.4, -0.2) is 166 Å². The Kier molecular flexibility index (Phi) is 13.6. The predicted molar refractivity (Wildman–Crippen MR) is 126 cm³/mol. The number of carboxylic acid groups (broad SMARTS) is 2. The van der Waals surface area contributed by atoms with E-state index in [9.17, 15) is 39.9 Å². The van der Waals surface area contributed by atoms with Crippen LogP contribution in [0.4, 0.5) is 0 Å². The summed E-state index contributed by atoms with van der Waals surface area (Å²) in [5, 5.41) is 48.1. The lowest BCUT2D eigenvalue weighted by molar-refractivity contribution is -0.156. The molecule has 1 saturated heterocycles. The van der Waals surface area contributed by atoms with Crippen molar-refractivity contribution in [2.75, 3.05) is 85.2 Å². The van der Waals surface area contributed by atoms with Gasteiger partial charge in [-0.1, -0.05) is 0 Å². The third kappa shape index (κ3) is 13.1. The first-order valence-electron chi connectivity index (χ1n) is 11.8. The lowest BCUT2D eigenvalue weighted by atomic mass is 10.1. The molecule has 13 heteroatoms. The zero-order valence-corrected chi connectivity index (χ0v) is 21.0.